The van der Waals surface area contributed by atoms with Crippen molar-refractivity contribution in [3.05, 3.63) is 47.5 Å². The summed E-state index contributed by atoms with van der Waals surface area (Å²) in [6, 6.07) is 12.4. The summed E-state index contributed by atoms with van der Waals surface area (Å²) < 4.78 is 5.23. The Labute approximate surface area is 156 Å². The molecule has 0 saturated carbocycles. The second-order valence-electron chi connectivity index (χ2n) is 5.30. The van der Waals surface area contributed by atoms with Gasteiger partial charge in [-0.25, -0.2) is 0 Å². The second-order valence-corrected chi connectivity index (χ2v) is 7.15. The molecule has 0 aliphatic carbocycles. The maximum atomic E-state index is 12.5. The normalized spacial score (nSPS) is 11.5. The van der Waals surface area contributed by atoms with Gasteiger partial charge in [-0.2, -0.15) is 0 Å². The average Bonchev–Trinajstić information content (AvgIpc) is 2.54. The van der Waals surface area contributed by atoms with Gasteiger partial charge < -0.3 is 15.4 Å². The van der Waals surface area contributed by atoms with Crippen molar-refractivity contribution in [1.29, 1.82) is 0 Å². The molecule has 1 unspecified atom stereocenters. The Hall–Kier alpha value is -2.18. The maximum Gasteiger partial charge on any atom is 0.237 e. The molecular formula is C18H19ClN2O3S. The summed E-state index contributed by atoms with van der Waals surface area (Å²) >= 11 is 7.37. The predicted octanol–water partition coefficient (Wildman–Crippen LogP) is 4.43. The van der Waals surface area contributed by atoms with E-state index >= 15 is 0 Å². The number of carbonyl (C=O) groups excluding carboxylic acids is 2. The highest BCUT2D eigenvalue weighted by atomic mass is 35.5. The fraction of sp³-hybridized carbons (Fsp3) is 0.222. The van der Waals surface area contributed by atoms with Crippen molar-refractivity contribution in [3.8, 4) is 5.75 Å². The van der Waals surface area contributed by atoms with Crippen LogP contribution in [0.1, 0.15) is 13.8 Å². The lowest BCUT2D eigenvalue weighted by Gasteiger charge is -2.15. The van der Waals surface area contributed by atoms with Crippen molar-refractivity contribution < 1.29 is 14.3 Å². The van der Waals surface area contributed by atoms with Crippen molar-refractivity contribution in [1.82, 2.24) is 0 Å². The molecule has 7 heteroatoms. The Balaban J connectivity index is 2.06. The first-order valence-electron chi connectivity index (χ1n) is 7.57. The van der Waals surface area contributed by atoms with E-state index < -0.39 is 0 Å². The van der Waals surface area contributed by atoms with Gasteiger partial charge in [0.15, 0.2) is 0 Å². The van der Waals surface area contributed by atoms with E-state index in [9.17, 15) is 9.59 Å². The average molecular weight is 379 g/mol. The van der Waals surface area contributed by atoms with Gasteiger partial charge in [-0.15, -0.1) is 11.8 Å². The number of carbonyl (C=O) groups is 2. The van der Waals surface area contributed by atoms with Crippen molar-refractivity contribution in [2.45, 2.75) is 24.0 Å². The Morgan fingerprint density at radius 1 is 1.16 bits per heavy atom. The third-order valence-corrected chi connectivity index (χ3v) is 4.58. The number of thioether (sulfide) groups is 1. The quantitative estimate of drug-likeness (QED) is 0.730. The van der Waals surface area contributed by atoms with Gasteiger partial charge in [-0.3, -0.25) is 9.59 Å². The number of rotatable bonds is 6. The summed E-state index contributed by atoms with van der Waals surface area (Å²) in [7, 11) is 1.53. The Morgan fingerprint density at radius 2 is 1.92 bits per heavy atom. The summed E-state index contributed by atoms with van der Waals surface area (Å²) in [6.07, 6.45) is 0. The molecule has 0 aliphatic heterocycles. The summed E-state index contributed by atoms with van der Waals surface area (Å²) in [5, 5.41) is 5.72. The minimum Gasteiger partial charge on any atom is -0.495 e. The van der Waals surface area contributed by atoms with Crippen molar-refractivity contribution >= 4 is 46.6 Å². The van der Waals surface area contributed by atoms with Crippen LogP contribution in [0.3, 0.4) is 0 Å². The SMILES string of the molecule is COc1ccc(Cl)cc1NC(=O)C(C)Sc1cccc(NC(C)=O)c1. The summed E-state index contributed by atoms with van der Waals surface area (Å²) in [6.45, 7) is 3.26. The molecule has 0 saturated heterocycles. The zero-order valence-electron chi connectivity index (χ0n) is 14.1. The van der Waals surface area contributed by atoms with E-state index in [2.05, 4.69) is 10.6 Å². The van der Waals surface area contributed by atoms with Crippen molar-refractivity contribution in [3.63, 3.8) is 0 Å². The molecule has 0 aliphatic rings. The molecule has 2 rings (SSSR count). The van der Waals surface area contributed by atoms with E-state index in [-0.39, 0.29) is 17.1 Å². The zero-order chi connectivity index (χ0) is 18.4. The molecule has 2 amide bonds. The Bertz CT molecular complexity index is 783. The highest BCUT2D eigenvalue weighted by Gasteiger charge is 2.17. The lowest BCUT2D eigenvalue weighted by molar-refractivity contribution is -0.115. The molecule has 0 radical (unpaired) electrons. The second kappa shape index (κ2) is 8.78. The van der Waals surface area contributed by atoms with Crippen molar-refractivity contribution in [2.24, 2.45) is 0 Å². The topological polar surface area (TPSA) is 67.4 Å². The number of halogens is 1. The van der Waals surface area contributed by atoms with Crippen LogP contribution in [0.4, 0.5) is 11.4 Å². The molecule has 2 aromatic rings. The van der Waals surface area contributed by atoms with Crippen LogP contribution < -0.4 is 15.4 Å². The van der Waals surface area contributed by atoms with Gasteiger partial charge in [0.2, 0.25) is 11.8 Å². The molecule has 1 atom stereocenters. The maximum absolute atomic E-state index is 12.5. The Morgan fingerprint density at radius 3 is 2.60 bits per heavy atom. The summed E-state index contributed by atoms with van der Waals surface area (Å²) in [4.78, 5) is 24.5. The Kier molecular flexibility index (Phi) is 6.73. The number of anilines is 2. The van der Waals surface area contributed by atoms with E-state index in [1.165, 1.54) is 25.8 Å². The first-order valence-corrected chi connectivity index (χ1v) is 8.83. The number of nitrogens with one attached hydrogen (secondary N) is 2. The van der Waals surface area contributed by atoms with E-state index in [1.807, 2.05) is 25.1 Å². The molecule has 2 aromatic carbocycles. The molecule has 25 heavy (non-hydrogen) atoms. The largest absolute Gasteiger partial charge is 0.495 e. The van der Waals surface area contributed by atoms with Crippen LogP contribution in [-0.4, -0.2) is 24.2 Å². The first kappa shape index (κ1) is 19.1. The molecule has 0 heterocycles. The summed E-state index contributed by atoms with van der Waals surface area (Å²) in [5.41, 5.74) is 1.22. The van der Waals surface area contributed by atoms with Crippen LogP contribution in [0.25, 0.3) is 0 Å². The van der Waals surface area contributed by atoms with Gasteiger partial charge in [0.1, 0.15) is 5.75 Å². The number of hydrogen-bond acceptors (Lipinski definition) is 4. The lowest BCUT2D eigenvalue weighted by atomic mass is 10.3. The summed E-state index contributed by atoms with van der Waals surface area (Å²) in [5.74, 6) is 0.235. The van der Waals surface area contributed by atoms with Crippen LogP contribution in [0, 0.1) is 0 Å². The lowest BCUT2D eigenvalue weighted by Crippen LogP contribution is -2.22. The number of ether oxygens (including phenoxy) is 1. The third-order valence-electron chi connectivity index (χ3n) is 3.26. The highest BCUT2D eigenvalue weighted by molar-refractivity contribution is 8.00. The monoisotopic (exact) mass is 378 g/mol. The molecule has 0 bridgehead atoms. The fourth-order valence-corrected chi connectivity index (χ4v) is 3.22. The smallest absolute Gasteiger partial charge is 0.237 e. The molecule has 2 N–H and O–H groups in total. The molecule has 132 valence electrons. The molecule has 0 fully saturated rings. The minimum atomic E-state index is -0.351. The highest BCUT2D eigenvalue weighted by Crippen LogP contribution is 2.30. The standard InChI is InChI=1S/C18H19ClN2O3S/c1-11(25-15-6-4-5-14(10-15)20-12(2)22)18(23)21-16-9-13(19)7-8-17(16)24-3/h4-11H,1-3H3,(H,20,22)(H,21,23). The van der Waals surface area contributed by atoms with E-state index in [4.69, 9.17) is 16.3 Å². The van der Waals surface area contributed by atoms with E-state index in [0.717, 1.165) is 4.90 Å². The third kappa shape index (κ3) is 5.69. The van der Waals surface area contributed by atoms with Gasteiger partial charge in [0.05, 0.1) is 18.0 Å². The number of hydrogen-bond donors (Lipinski definition) is 2. The van der Waals surface area contributed by atoms with Gasteiger partial charge >= 0.3 is 0 Å². The first-order chi connectivity index (χ1) is 11.9. The van der Waals surface area contributed by atoms with Crippen LogP contribution in [0.5, 0.6) is 5.75 Å². The molecular weight excluding hydrogens is 360 g/mol. The van der Waals surface area contributed by atoms with Crippen LogP contribution >= 0.6 is 23.4 Å². The van der Waals surface area contributed by atoms with E-state index in [1.54, 1.807) is 24.3 Å². The van der Waals surface area contributed by atoms with Gasteiger partial charge in [-0.05, 0) is 43.3 Å². The van der Waals surface area contributed by atoms with Gasteiger partial charge in [0, 0.05) is 22.5 Å². The molecule has 0 spiro atoms. The molecule has 5 nitrogen and oxygen atoms in total. The number of amides is 2. The zero-order valence-corrected chi connectivity index (χ0v) is 15.7. The number of methoxy groups -OCH3 is 1. The van der Waals surface area contributed by atoms with Crippen LogP contribution in [0.2, 0.25) is 5.02 Å². The van der Waals surface area contributed by atoms with Crippen LogP contribution in [0.15, 0.2) is 47.4 Å². The van der Waals surface area contributed by atoms with Gasteiger partial charge in [0.25, 0.3) is 0 Å². The van der Waals surface area contributed by atoms with Gasteiger partial charge in [-0.1, -0.05) is 17.7 Å². The van der Waals surface area contributed by atoms with Crippen LogP contribution in [-0.2, 0) is 9.59 Å². The minimum absolute atomic E-state index is 0.138. The molecule has 0 aromatic heterocycles. The van der Waals surface area contributed by atoms with Crippen molar-refractivity contribution in [2.75, 3.05) is 17.7 Å². The fourth-order valence-electron chi connectivity index (χ4n) is 2.12. The van der Waals surface area contributed by atoms with E-state index in [0.29, 0.717) is 22.1 Å². The number of benzene rings is 2. The predicted molar refractivity (Wildman–Crippen MR) is 103 cm³/mol.